The summed E-state index contributed by atoms with van der Waals surface area (Å²) in [4.78, 5) is 23.1. The van der Waals surface area contributed by atoms with E-state index in [0.717, 1.165) is 38.1 Å². The Kier molecular flexibility index (Phi) is 4.22. The number of carbonyl (C=O) groups excluding carboxylic acids is 1. The molecule has 1 aliphatic heterocycles. The number of carbonyl (C=O) groups is 1. The Balaban J connectivity index is 1.66. The average Bonchev–Trinajstić information content (AvgIpc) is 3.14. The maximum Gasteiger partial charge on any atom is 0.255 e. The zero-order chi connectivity index (χ0) is 15.5. The van der Waals surface area contributed by atoms with Gasteiger partial charge < -0.3 is 9.47 Å². The number of rotatable bonds is 4. The third kappa shape index (κ3) is 2.89. The number of aryl methyl sites for hydroxylation is 2. The summed E-state index contributed by atoms with van der Waals surface area (Å²) in [5.74, 6) is 1.20. The molecule has 0 radical (unpaired) electrons. The smallest absolute Gasteiger partial charge is 0.255 e. The summed E-state index contributed by atoms with van der Waals surface area (Å²) < 4.78 is 2.13. The van der Waals surface area contributed by atoms with Crippen LogP contribution in [0.4, 0.5) is 0 Å². The summed E-state index contributed by atoms with van der Waals surface area (Å²) in [6, 6.07) is 3.96. The van der Waals surface area contributed by atoms with Gasteiger partial charge in [0.05, 0.1) is 5.56 Å². The zero-order valence-electron chi connectivity index (χ0n) is 13.2. The van der Waals surface area contributed by atoms with E-state index < -0.39 is 0 Å². The second kappa shape index (κ2) is 6.30. The lowest BCUT2D eigenvalue weighted by molar-refractivity contribution is 0.0729. The minimum Gasteiger partial charge on any atom is -0.336 e. The van der Waals surface area contributed by atoms with Crippen molar-refractivity contribution in [2.75, 3.05) is 6.54 Å². The van der Waals surface area contributed by atoms with E-state index in [1.54, 1.807) is 12.4 Å². The molecule has 1 saturated heterocycles. The summed E-state index contributed by atoms with van der Waals surface area (Å²) in [7, 11) is 2.05. The van der Waals surface area contributed by atoms with Gasteiger partial charge in [-0.1, -0.05) is 0 Å². The van der Waals surface area contributed by atoms with E-state index in [0.29, 0.717) is 11.6 Å². The molecule has 3 heterocycles. The molecule has 116 valence electrons. The number of pyridine rings is 1. The Morgan fingerprint density at radius 2 is 2.27 bits per heavy atom. The monoisotopic (exact) mass is 298 g/mol. The maximum absolute atomic E-state index is 12.6. The molecule has 0 spiro atoms. The summed E-state index contributed by atoms with van der Waals surface area (Å²) >= 11 is 0. The molecule has 1 unspecified atom stereocenters. The van der Waals surface area contributed by atoms with Crippen LogP contribution in [0.2, 0.25) is 0 Å². The van der Waals surface area contributed by atoms with E-state index in [-0.39, 0.29) is 5.91 Å². The number of imidazole rings is 1. The molecule has 5 heteroatoms. The van der Waals surface area contributed by atoms with Crippen LogP contribution in [0.15, 0.2) is 30.7 Å². The number of amides is 1. The molecule has 1 aliphatic rings. The summed E-state index contributed by atoms with van der Waals surface area (Å²) in [6.45, 7) is 2.91. The van der Waals surface area contributed by atoms with E-state index in [9.17, 15) is 4.79 Å². The molecule has 1 fully saturated rings. The van der Waals surface area contributed by atoms with Crippen LogP contribution in [0.5, 0.6) is 0 Å². The average molecular weight is 298 g/mol. The largest absolute Gasteiger partial charge is 0.336 e. The number of hydrogen-bond donors (Lipinski definition) is 0. The van der Waals surface area contributed by atoms with Crippen LogP contribution in [0.3, 0.4) is 0 Å². The highest BCUT2D eigenvalue weighted by Gasteiger charge is 2.29. The molecule has 0 bridgehead atoms. The Hall–Kier alpha value is -2.17. The zero-order valence-corrected chi connectivity index (χ0v) is 13.2. The molecule has 1 atom stereocenters. The van der Waals surface area contributed by atoms with Crippen LogP contribution >= 0.6 is 0 Å². The standard InChI is InChI=1S/C17H22N4O/c1-13-11-19-16(20(13)2)8-7-15-6-4-10-21(15)17(22)14-5-3-9-18-12-14/h3,5,9,11-12,15H,4,6-8,10H2,1-2H3. The van der Waals surface area contributed by atoms with Gasteiger partial charge >= 0.3 is 0 Å². The van der Waals surface area contributed by atoms with Crippen molar-refractivity contribution in [1.29, 1.82) is 0 Å². The van der Waals surface area contributed by atoms with Gasteiger partial charge in [-0.05, 0) is 38.3 Å². The highest BCUT2D eigenvalue weighted by atomic mass is 16.2. The van der Waals surface area contributed by atoms with Crippen molar-refractivity contribution >= 4 is 5.91 Å². The minimum absolute atomic E-state index is 0.103. The number of hydrogen-bond acceptors (Lipinski definition) is 3. The summed E-state index contributed by atoms with van der Waals surface area (Å²) in [5, 5.41) is 0. The van der Waals surface area contributed by atoms with Crippen molar-refractivity contribution in [3.05, 3.63) is 47.8 Å². The van der Waals surface area contributed by atoms with E-state index in [1.807, 2.05) is 30.3 Å². The molecule has 0 saturated carbocycles. The Morgan fingerprint density at radius 1 is 1.41 bits per heavy atom. The van der Waals surface area contributed by atoms with E-state index in [4.69, 9.17) is 0 Å². The highest BCUT2D eigenvalue weighted by Crippen LogP contribution is 2.23. The number of likely N-dealkylation sites (tertiary alicyclic amines) is 1. The Morgan fingerprint density at radius 3 is 2.95 bits per heavy atom. The van der Waals surface area contributed by atoms with Crippen molar-refractivity contribution in [1.82, 2.24) is 19.4 Å². The molecule has 1 amide bonds. The van der Waals surface area contributed by atoms with Gasteiger partial charge in [-0.15, -0.1) is 0 Å². The first-order valence-electron chi connectivity index (χ1n) is 7.85. The molecular weight excluding hydrogens is 276 g/mol. The van der Waals surface area contributed by atoms with Gasteiger partial charge in [0.15, 0.2) is 0 Å². The third-order valence-electron chi connectivity index (χ3n) is 4.56. The lowest BCUT2D eigenvalue weighted by Gasteiger charge is -2.24. The normalized spacial score (nSPS) is 17.9. The molecule has 5 nitrogen and oxygen atoms in total. The predicted octanol–water partition coefficient (Wildman–Crippen LogP) is 2.36. The molecule has 2 aromatic heterocycles. The second-order valence-electron chi connectivity index (χ2n) is 5.95. The van der Waals surface area contributed by atoms with Gasteiger partial charge in [0, 0.05) is 50.3 Å². The van der Waals surface area contributed by atoms with E-state index >= 15 is 0 Å². The van der Waals surface area contributed by atoms with Crippen molar-refractivity contribution in [3.63, 3.8) is 0 Å². The maximum atomic E-state index is 12.6. The SMILES string of the molecule is Cc1cnc(CCC2CCCN2C(=O)c2cccnc2)n1C. The van der Waals surface area contributed by atoms with Crippen LogP contribution in [-0.4, -0.2) is 37.9 Å². The van der Waals surface area contributed by atoms with Gasteiger partial charge in [-0.3, -0.25) is 9.78 Å². The first-order valence-corrected chi connectivity index (χ1v) is 7.85. The Labute approximate surface area is 131 Å². The molecular formula is C17H22N4O. The molecule has 2 aromatic rings. The molecule has 22 heavy (non-hydrogen) atoms. The first kappa shape index (κ1) is 14.8. The van der Waals surface area contributed by atoms with Gasteiger partial charge in [-0.25, -0.2) is 4.98 Å². The van der Waals surface area contributed by atoms with Crippen molar-refractivity contribution < 1.29 is 4.79 Å². The van der Waals surface area contributed by atoms with Crippen LogP contribution < -0.4 is 0 Å². The fraction of sp³-hybridized carbons (Fsp3) is 0.471. The number of aromatic nitrogens is 3. The van der Waals surface area contributed by atoms with Crippen LogP contribution in [0.25, 0.3) is 0 Å². The van der Waals surface area contributed by atoms with Crippen LogP contribution in [0.1, 0.15) is 41.1 Å². The lowest BCUT2D eigenvalue weighted by atomic mass is 10.1. The quantitative estimate of drug-likeness (QED) is 0.870. The topological polar surface area (TPSA) is 51.0 Å². The minimum atomic E-state index is 0.103. The van der Waals surface area contributed by atoms with Crippen LogP contribution in [0, 0.1) is 6.92 Å². The molecule has 0 aromatic carbocycles. The summed E-state index contributed by atoms with van der Waals surface area (Å²) in [5.41, 5.74) is 1.85. The second-order valence-corrected chi connectivity index (χ2v) is 5.95. The molecule has 0 aliphatic carbocycles. The van der Waals surface area contributed by atoms with Gasteiger partial charge in [0.25, 0.3) is 5.91 Å². The fourth-order valence-electron chi connectivity index (χ4n) is 3.13. The Bertz CT molecular complexity index is 650. The van der Waals surface area contributed by atoms with Crippen molar-refractivity contribution in [3.8, 4) is 0 Å². The molecule has 0 N–H and O–H groups in total. The third-order valence-corrected chi connectivity index (χ3v) is 4.56. The van der Waals surface area contributed by atoms with Crippen molar-refractivity contribution in [2.45, 2.75) is 38.6 Å². The van der Waals surface area contributed by atoms with Crippen molar-refractivity contribution in [2.24, 2.45) is 7.05 Å². The van der Waals surface area contributed by atoms with E-state index in [1.165, 1.54) is 5.69 Å². The number of nitrogens with zero attached hydrogens (tertiary/aromatic N) is 4. The first-order chi connectivity index (χ1) is 10.7. The lowest BCUT2D eigenvalue weighted by Crippen LogP contribution is -2.36. The highest BCUT2D eigenvalue weighted by molar-refractivity contribution is 5.94. The van der Waals surface area contributed by atoms with Gasteiger partial charge in [0.1, 0.15) is 5.82 Å². The van der Waals surface area contributed by atoms with Gasteiger partial charge in [0.2, 0.25) is 0 Å². The van der Waals surface area contributed by atoms with E-state index in [2.05, 4.69) is 21.5 Å². The predicted molar refractivity (Wildman–Crippen MR) is 84.6 cm³/mol. The molecule has 3 rings (SSSR count). The summed E-state index contributed by atoms with van der Waals surface area (Å²) in [6.07, 6.45) is 9.29. The fourth-order valence-corrected chi connectivity index (χ4v) is 3.13. The van der Waals surface area contributed by atoms with Crippen LogP contribution in [-0.2, 0) is 13.5 Å². The van der Waals surface area contributed by atoms with Gasteiger partial charge in [-0.2, -0.15) is 0 Å².